The van der Waals surface area contributed by atoms with Crippen LogP contribution in [0.1, 0.15) is 34.1 Å². The summed E-state index contributed by atoms with van der Waals surface area (Å²) in [6.45, 7) is 2.73. The highest BCUT2D eigenvalue weighted by Crippen LogP contribution is 2.23. The van der Waals surface area contributed by atoms with Crippen LogP contribution in [0.3, 0.4) is 0 Å². The Hall–Kier alpha value is -1.96. The van der Waals surface area contributed by atoms with E-state index in [9.17, 15) is 14.9 Å². The van der Waals surface area contributed by atoms with Crippen molar-refractivity contribution >= 4 is 34.5 Å². The second-order valence-corrected chi connectivity index (χ2v) is 7.45. The van der Waals surface area contributed by atoms with E-state index in [0.29, 0.717) is 6.54 Å². The van der Waals surface area contributed by atoms with Crippen molar-refractivity contribution in [1.82, 2.24) is 5.32 Å². The number of rotatable bonds is 6. The number of nitrogens with zero attached hydrogens (tertiary/aromatic N) is 1. The molecule has 0 saturated carbocycles. The molecular formula is C17H19ClN3O3S+. The maximum absolute atomic E-state index is 12.5. The zero-order valence-electron chi connectivity index (χ0n) is 13.5. The van der Waals surface area contributed by atoms with Gasteiger partial charge in [0.15, 0.2) is 0 Å². The first-order chi connectivity index (χ1) is 12.1. The summed E-state index contributed by atoms with van der Waals surface area (Å²) in [4.78, 5) is 25.4. The first kappa shape index (κ1) is 17.8. The van der Waals surface area contributed by atoms with Gasteiger partial charge in [-0.15, -0.1) is 11.3 Å². The summed E-state index contributed by atoms with van der Waals surface area (Å²) < 4.78 is 0. The number of halogens is 1. The molecule has 6 nitrogen and oxygen atoms in total. The van der Waals surface area contributed by atoms with Crippen LogP contribution in [0.25, 0.3) is 0 Å². The van der Waals surface area contributed by atoms with Gasteiger partial charge in [0.1, 0.15) is 6.04 Å². The SMILES string of the molecule is O=C(NC[C@H](c1cccs1)[NH+]1CCCC1)c1ccc([N+](=O)[O-])cc1Cl. The summed E-state index contributed by atoms with van der Waals surface area (Å²) >= 11 is 7.74. The van der Waals surface area contributed by atoms with Gasteiger partial charge >= 0.3 is 0 Å². The number of likely N-dealkylation sites (tertiary alicyclic amines) is 1. The van der Waals surface area contributed by atoms with E-state index in [0.717, 1.165) is 13.1 Å². The fourth-order valence-corrected chi connectivity index (χ4v) is 4.35. The molecule has 1 amide bonds. The molecule has 1 aliphatic heterocycles. The molecule has 8 heteroatoms. The van der Waals surface area contributed by atoms with Crippen LogP contribution in [0.15, 0.2) is 35.7 Å². The maximum atomic E-state index is 12.5. The van der Waals surface area contributed by atoms with Crippen LogP contribution >= 0.6 is 22.9 Å². The Bertz CT molecular complexity index is 761. The van der Waals surface area contributed by atoms with Crippen molar-refractivity contribution in [1.29, 1.82) is 0 Å². The van der Waals surface area contributed by atoms with Crippen LogP contribution in [-0.4, -0.2) is 30.5 Å². The molecule has 0 bridgehead atoms. The monoisotopic (exact) mass is 380 g/mol. The van der Waals surface area contributed by atoms with Crippen molar-refractivity contribution in [3.63, 3.8) is 0 Å². The lowest BCUT2D eigenvalue weighted by Gasteiger charge is -2.24. The number of benzene rings is 1. The fraction of sp³-hybridized carbons (Fsp3) is 0.353. The molecular weight excluding hydrogens is 362 g/mol. The Labute approximate surface area is 154 Å². The van der Waals surface area contributed by atoms with E-state index in [1.807, 2.05) is 11.4 Å². The number of nitro benzene ring substituents is 1. The number of carbonyl (C=O) groups is 1. The van der Waals surface area contributed by atoms with Gasteiger partial charge in [0.25, 0.3) is 11.6 Å². The molecule has 1 aromatic carbocycles. The van der Waals surface area contributed by atoms with Gasteiger partial charge in [-0.05, 0) is 17.5 Å². The normalized spacial score (nSPS) is 15.9. The van der Waals surface area contributed by atoms with Crippen LogP contribution in [0.5, 0.6) is 0 Å². The molecule has 1 aliphatic rings. The molecule has 3 rings (SSSR count). The molecule has 0 radical (unpaired) electrons. The number of non-ortho nitro benzene ring substituents is 1. The van der Waals surface area contributed by atoms with Crippen LogP contribution in [0, 0.1) is 10.1 Å². The summed E-state index contributed by atoms with van der Waals surface area (Å²) in [5, 5.41) is 15.9. The van der Waals surface area contributed by atoms with Crippen molar-refractivity contribution in [3.05, 3.63) is 61.3 Å². The molecule has 25 heavy (non-hydrogen) atoms. The molecule has 132 valence electrons. The predicted octanol–water partition coefficient (Wildman–Crippen LogP) is 2.46. The summed E-state index contributed by atoms with van der Waals surface area (Å²) in [6, 6.07) is 8.26. The van der Waals surface area contributed by atoms with Gasteiger partial charge < -0.3 is 10.2 Å². The molecule has 0 spiro atoms. The van der Waals surface area contributed by atoms with E-state index in [2.05, 4.69) is 11.4 Å². The quantitative estimate of drug-likeness (QED) is 0.597. The van der Waals surface area contributed by atoms with Crippen molar-refractivity contribution in [2.45, 2.75) is 18.9 Å². The Kier molecular flexibility index (Phi) is 5.67. The highest BCUT2D eigenvalue weighted by Gasteiger charge is 2.28. The summed E-state index contributed by atoms with van der Waals surface area (Å²) in [5.74, 6) is -0.306. The average Bonchev–Trinajstić information content (AvgIpc) is 3.28. The number of nitrogens with one attached hydrogen (secondary N) is 2. The van der Waals surface area contributed by atoms with E-state index in [1.54, 1.807) is 11.3 Å². The summed E-state index contributed by atoms with van der Waals surface area (Å²) in [6.07, 6.45) is 2.42. The predicted molar refractivity (Wildman–Crippen MR) is 97.4 cm³/mol. The summed E-state index contributed by atoms with van der Waals surface area (Å²) in [7, 11) is 0. The van der Waals surface area contributed by atoms with Crippen molar-refractivity contribution in [2.75, 3.05) is 19.6 Å². The fourth-order valence-electron chi connectivity index (χ4n) is 3.20. The minimum atomic E-state index is -0.531. The number of nitro groups is 1. The second kappa shape index (κ2) is 7.95. The number of carbonyl (C=O) groups excluding carboxylic acids is 1. The van der Waals surface area contributed by atoms with Gasteiger partial charge in [-0.3, -0.25) is 14.9 Å². The van der Waals surface area contributed by atoms with Crippen LogP contribution in [0.4, 0.5) is 5.69 Å². The Morgan fingerprint density at radius 2 is 2.12 bits per heavy atom. The highest BCUT2D eigenvalue weighted by molar-refractivity contribution is 7.10. The van der Waals surface area contributed by atoms with E-state index < -0.39 is 4.92 Å². The number of thiophene rings is 1. The molecule has 0 unspecified atom stereocenters. The zero-order chi connectivity index (χ0) is 17.8. The highest BCUT2D eigenvalue weighted by atomic mass is 35.5. The third-order valence-electron chi connectivity index (χ3n) is 4.50. The first-order valence-corrected chi connectivity index (χ1v) is 9.42. The molecule has 2 N–H and O–H groups in total. The summed E-state index contributed by atoms with van der Waals surface area (Å²) in [5.41, 5.74) is 0.133. The lowest BCUT2D eigenvalue weighted by molar-refractivity contribution is -0.918. The smallest absolute Gasteiger partial charge is 0.270 e. The lowest BCUT2D eigenvalue weighted by atomic mass is 10.1. The van der Waals surface area contributed by atoms with Crippen molar-refractivity contribution in [2.24, 2.45) is 0 Å². The minimum Gasteiger partial charge on any atom is -0.346 e. The molecule has 0 aliphatic carbocycles. The third kappa shape index (κ3) is 4.18. The minimum absolute atomic E-state index is 0.0906. The molecule has 1 atom stereocenters. The topological polar surface area (TPSA) is 76.7 Å². The van der Waals surface area contributed by atoms with Gasteiger partial charge in [-0.1, -0.05) is 17.7 Å². The van der Waals surface area contributed by atoms with Crippen LogP contribution in [-0.2, 0) is 0 Å². The zero-order valence-corrected chi connectivity index (χ0v) is 15.1. The maximum Gasteiger partial charge on any atom is 0.270 e. The van der Waals surface area contributed by atoms with Gasteiger partial charge in [0.05, 0.1) is 40.0 Å². The Balaban J connectivity index is 1.70. The van der Waals surface area contributed by atoms with Crippen molar-refractivity contribution < 1.29 is 14.6 Å². The lowest BCUT2D eigenvalue weighted by Crippen LogP contribution is -3.11. The first-order valence-electron chi connectivity index (χ1n) is 8.16. The van der Waals surface area contributed by atoms with Gasteiger partial charge in [0.2, 0.25) is 0 Å². The van der Waals surface area contributed by atoms with E-state index >= 15 is 0 Å². The molecule has 1 aromatic heterocycles. The van der Waals surface area contributed by atoms with Crippen molar-refractivity contribution in [3.8, 4) is 0 Å². The Morgan fingerprint density at radius 3 is 2.72 bits per heavy atom. The second-order valence-electron chi connectivity index (χ2n) is 6.06. The van der Waals surface area contributed by atoms with Crippen LogP contribution in [0.2, 0.25) is 5.02 Å². The van der Waals surface area contributed by atoms with Gasteiger partial charge in [-0.2, -0.15) is 0 Å². The third-order valence-corrected chi connectivity index (χ3v) is 5.80. The molecule has 2 aromatic rings. The van der Waals surface area contributed by atoms with E-state index in [1.165, 1.54) is 40.8 Å². The average molecular weight is 381 g/mol. The number of quaternary nitrogens is 1. The van der Waals surface area contributed by atoms with Gasteiger partial charge in [0, 0.05) is 25.0 Å². The molecule has 1 saturated heterocycles. The number of hydrogen-bond acceptors (Lipinski definition) is 4. The van der Waals surface area contributed by atoms with Gasteiger partial charge in [-0.25, -0.2) is 0 Å². The van der Waals surface area contributed by atoms with E-state index in [-0.39, 0.29) is 28.2 Å². The van der Waals surface area contributed by atoms with E-state index in [4.69, 9.17) is 11.6 Å². The molecule has 2 heterocycles. The standard InChI is InChI=1S/C17H18ClN3O3S/c18-14-10-12(21(23)24)5-6-13(14)17(22)19-11-15(16-4-3-9-25-16)20-7-1-2-8-20/h3-6,9-10,15H,1-2,7-8,11H2,(H,19,22)/p+1/t15-/m1/s1. The molecule has 1 fully saturated rings. The Morgan fingerprint density at radius 1 is 1.36 bits per heavy atom. The largest absolute Gasteiger partial charge is 0.346 e. The number of hydrogen-bond donors (Lipinski definition) is 2. The number of amides is 1. The van der Waals surface area contributed by atoms with Crippen LogP contribution < -0.4 is 10.2 Å².